The van der Waals surface area contributed by atoms with Crippen molar-refractivity contribution in [2.24, 2.45) is 0 Å². The first kappa shape index (κ1) is 14.0. The molecule has 1 aromatic heterocycles. The first-order chi connectivity index (χ1) is 10.3. The number of hydrogen-bond acceptors (Lipinski definition) is 3. The van der Waals surface area contributed by atoms with Crippen molar-refractivity contribution >= 4 is 0 Å². The van der Waals surface area contributed by atoms with Crippen molar-refractivity contribution in [1.29, 1.82) is 0 Å². The number of benzene rings is 1. The van der Waals surface area contributed by atoms with Gasteiger partial charge in [-0.2, -0.15) is 0 Å². The van der Waals surface area contributed by atoms with Crippen LogP contribution in [0.1, 0.15) is 36.6 Å². The Hall–Kier alpha value is -1.91. The van der Waals surface area contributed by atoms with Gasteiger partial charge in [-0.1, -0.05) is 30.3 Å². The second kappa shape index (κ2) is 6.70. The first-order valence-corrected chi connectivity index (χ1v) is 7.33. The number of aromatic nitrogens is 1. The number of pyridine rings is 1. The molecule has 110 valence electrons. The van der Waals surface area contributed by atoms with Gasteiger partial charge in [0.1, 0.15) is 6.10 Å². The van der Waals surface area contributed by atoms with E-state index in [9.17, 15) is 4.79 Å². The summed E-state index contributed by atoms with van der Waals surface area (Å²) in [5.74, 6) is 0. The van der Waals surface area contributed by atoms with E-state index in [1.165, 1.54) is 6.07 Å². The van der Waals surface area contributed by atoms with E-state index in [2.05, 4.69) is 4.98 Å². The van der Waals surface area contributed by atoms with Crippen molar-refractivity contribution in [3.05, 3.63) is 70.1 Å². The quantitative estimate of drug-likeness (QED) is 0.939. The minimum Gasteiger partial charge on any atom is -0.362 e. The van der Waals surface area contributed by atoms with Crippen molar-refractivity contribution in [3.63, 3.8) is 0 Å². The second-order valence-corrected chi connectivity index (χ2v) is 5.20. The van der Waals surface area contributed by atoms with Crippen LogP contribution in [0, 0.1) is 0 Å². The van der Waals surface area contributed by atoms with E-state index in [1.807, 2.05) is 30.3 Å². The van der Waals surface area contributed by atoms with Crippen molar-refractivity contribution in [1.82, 2.24) is 4.98 Å². The van der Waals surface area contributed by atoms with E-state index < -0.39 is 0 Å². The Morgan fingerprint density at radius 1 is 1.19 bits per heavy atom. The summed E-state index contributed by atoms with van der Waals surface area (Å²) < 4.78 is 11.8. The standard InChI is InChI=1S/C17H19NO3/c19-14-9-10-18-15(12-14)17(13-6-2-1-3-7-13)21-16-8-4-5-11-20-16/h1-3,6-7,9-10,12,16-17H,4-5,8,11H2,(H,18,19). The van der Waals surface area contributed by atoms with Gasteiger partial charge in [0.2, 0.25) is 0 Å². The van der Waals surface area contributed by atoms with E-state index in [-0.39, 0.29) is 17.8 Å². The lowest BCUT2D eigenvalue weighted by atomic mass is 10.1. The number of rotatable bonds is 4. The molecule has 0 spiro atoms. The molecule has 1 saturated heterocycles. The highest BCUT2D eigenvalue weighted by molar-refractivity contribution is 5.25. The van der Waals surface area contributed by atoms with Crippen molar-refractivity contribution in [3.8, 4) is 0 Å². The molecule has 4 heteroatoms. The van der Waals surface area contributed by atoms with Gasteiger partial charge < -0.3 is 14.5 Å². The second-order valence-electron chi connectivity index (χ2n) is 5.20. The summed E-state index contributed by atoms with van der Waals surface area (Å²) in [6.07, 6.45) is 4.20. The van der Waals surface area contributed by atoms with Crippen LogP contribution in [-0.4, -0.2) is 17.9 Å². The zero-order valence-electron chi connectivity index (χ0n) is 11.8. The number of ether oxygens (including phenoxy) is 2. The highest BCUT2D eigenvalue weighted by atomic mass is 16.7. The summed E-state index contributed by atoms with van der Waals surface area (Å²) in [7, 11) is 0. The van der Waals surface area contributed by atoms with Gasteiger partial charge in [-0.05, 0) is 24.8 Å². The van der Waals surface area contributed by atoms with Crippen LogP contribution in [-0.2, 0) is 9.47 Å². The summed E-state index contributed by atoms with van der Waals surface area (Å²) in [6.45, 7) is 0.734. The van der Waals surface area contributed by atoms with Gasteiger partial charge in [-0.15, -0.1) is 0 Å². The van der Waals surface area contributed by atoms with Crippen LogP contribution in [0.25, 0.3) is 0 Å². The van der Waals surface area contributed by atoms with Gasteiger partial charge in [-0.25, -0.2) is 0 Å². The normalized spacial score (nSPS) is 20.1. The average molecular weight is 285 g/mol. The molecule has 1 aromatic carbocycles. The predicted molar refractivity (Wildman–Crippen MR) is 80.0 cm³/mol. The summed E-state index contributed by atoms with van der Waals surface area (Å²) in [4.78, 5) is 14.7. The highest BCUT2D eigenvalue weighted by Gasteiger charge is 2.23. The molecule has 2 atom stereocenters. The molecule has 2 unspecified atom stereocenters. The largest absolute Gasteiger partial charge is 0.362 e. The fourth-order valence-corrected chi connectivity index (χ4v) is 2.54. The van der Waals surface area contributed by atoms with E-state index >= 15 is 0 Å². The van der Waals surface area contributed by atoms with Crippen LogP contribution in [0.15, 0.2) is 53.5 Å². The van der Waals surface area contributed by atoms with Gasteiger partial charge in [-0.3, -0.25) is 4.79 Å². The molecule has 0 aliphatic carbocycles. The molecule has 1 aliphatic heterocycles. The summed E-state index contributed by atoms with van der Waals surface area (Å²) >= 11 is 0. The van der Waals surface area contributed by atoms with Crippen molar-refractivity contribution in [2.45, 2.75) is 31.7 Å². The monoisotopic (exact) mass is 285 g/mol. The summed E-state index contributed by atoms with van der Waals surface area (Å²) in [5.41, 5.74) is 1.73. The summed E-state index contributed by atoms with van der Waals surface area (Å²) in [6, 6.07) is 13.0. The summed E-state index contributed by atoms with van der Waals surface area (Å²) in [5, 5.41) is 0. The van der Waals surface area contributed by atoms with E-state index in [0.717, 1.165) is 37.1 Å². The number of nitrogens with one attached hydrogen (secondary N) is 1. The predicted octanol–water partition coefficient (Wildman–Crippen LogP) is 3.01. The molecule has 0 bridgehead atoms. The smallest absolute Gasteiger partial charge is 0.181 e. The third kappa shape index (κ3) is 3.60. The van der Waals surface area contributed by atoms with Gasteiger partial charge in [0.05, 0.1) is 5.69 Å². The van der Waals surface area contributed by atoms with E-state index in [1.54, 1.807) is 12.3 Å². The first-order valence-electron chi connectivity index (χ1n) is 7.33. The lowest BCUT2D eigenvalue weighted by molar-refractivity contribution is -0.182. The Balaban J connectivity index is 1.89. The van der Waals surface area contributed by atoms with Crippen LogP contribution in [0.2, 0.25) is 0 Å². The maximum absolute atomic E-state index is 11.6. The molecule has 1 N–H and O–H groups in total. The molecule has 4 nitrogen and oxygen atoms in total. The maximum Gasteiger partial charge on any atom is 0.181 e. The molecule has 0 amide bonds. The van der Waals surface area contributed by atoms with Gasteiger partial charge in [0.25, 0.3) is 0 Å². The molecule has 0 saturated carbocycles. The van der Waals surface area contributed by atoms with Crippen molar-refractivity contribution < 1.29 is 9.47 Å². The lowest BCUT2D eigenvalue weighted by Gasteiger charge is -2.28. The van der Waals surface area contributed by atoms with Crippen molar-refractivity contribution in [2.75, 3.05) is 6.61 Å². The van der Waals surface area contributed by atoms with Crippen LogP contribution in [0.5, 0.6) is 0 Å². The van der Waals surface area contributed by atoms with Crippen LogP contribution >= 0.6 is 0 Å². The Morgan fingerprint density at radius 3 is 2.76 bits per heavy atom. The molecule has 2 heterocycles. The van der Waals surface area contributed by atoms with Crippen LogP contribution in [0.4, 0.5) is 0 Å². The highest BCUT2D eigenvalue weighted by Crippen LogP contribution is 2.28. The van der Waals surface area contributed by atoms with E-state index in [0.29, 0.717) is 0 Å². The maximum atomic E-state index is 11.6. The minimum absolute atomic E-state index is 0.0298. The van der Waals surface area contributed by atoms with Gasteiger partial charge >= 0.3 is 0 Å². The molecule has 3 rings (SSSR count). The Kier molecular flexibility index (Phi) is 4.48. The Morgan fingerprint density at radius 2 is 2.05 bits per heavy atom. The fourth-order valence-electron chi connectivity index (χ4n) is 2.54. The van der Waals surface area contributed by atoms with E-state index in [4.69, 9.17) is 9.47 Å². The topological polar surface area (TPSA) is 51.3 Å². The molecule has 1 aliphatic rings. The Bertz CT molecular complexity index is 617. The molecule has 1 fully saturated rings. The third-order valence-electron chi connectivity index (χ3n) is 3.61. The van der Waals surface area contributed by atoms with Gasteiger partial charge in [0, 0.05) is 24.9 Å². The Labute approximate surface area is 123 Å². The van der Waals surface area contributed by atoms with Gasteiger partial charge in [0.15, 0.2) is 11.7 Å². The average Bonchev–Trinajstić information content (AvgIpc) is 2.54. The molecular weight excluding hydrogens is 266 g/mol. The van der Waals surface area contributed by atoms with Crippen LogP contribution in [0.3, 0.4) is 0 Å². The SMILES string of the molecule is O=c1cc[nH]c(C(OC2CCCCO2)c2ccccc2)c1. The molecule has 2 aromatic rings. The fraction of sp³-hybridized carbons (Fsp3) is 0.353. The zero-order chi connectivity index (χ0) is 14.5. The zero-order valence-corrected chi connectivity index (χ0v) is 11.8. The number of H-pyrrole nitrogens is 1. The molecular formula is C17H19NO3. The van der Waals surface area contributed by atoms with Crippen LogP contribution < -0.4 is 5.43 Å². The number of hydrogen-bond donors (Lipinski definition) is 1. The molecule has 21 heavy (non-hydrogen) atoms. The molecule has 0 radical (unpaired) electrons. The number of aromatic amines is 1. The lowest BCUT2D eigenvalue weighted by Crippen LogP contribution is -2.25. The third-order valence-corrected chi connectivity index (χ3v) is 3.61. The minimum atomic E-state index is -0.316.